The Morgan fingerprint density at radius 2 is 2.12 bits per heavy atom. The molecule has 5 nitrogen and oxygen atoms in total. The molecule has 4 N–H and O–H groups in total. The summed E-state index contributed by atoms with van der Waals surface area (Å²) < 4.78 is 2.07. The van der Waals surface area contributed by atoms with Gasteiger partial charge in [0, 0.05) is 18.3 Å². The number of aryl methyl sites for hydroxylation is 1. The van der Waals surface area contributed by atoms with Crippen LogP contribution in [0.2, 0.25) is 0 Å². The van der Waals surface area contributed by atoms with Crippen LogP contribution in [0.5, 0.6) is 0 Å². The van der Waals surface area contributed by atoms with Gasteiger partial charge in [0.15, 0.2) is 0 Å². The van der Waals surface area contributed by atoms with Crippen molar-refractivity contribution in [1.82, 2.24) is 14.5 Å². The van der Waals surface area contributed by atoms with Crippen LogP contribution in [0.4, 0.5) is 5.82 Å². The highest BCUT2D eigenvalue weighted by Crippen LogP contribution is 2.18. The molecule has 2 aromatic rings. The lowest BCUT2D eigenvalue weighted by Crippen LogP contribution is -2.06. The Kier molecular flexibility index (Phi) is 3.16. The zero-order valence-electron chi connectivity index (χ0n) is 9.00. The van der Waals surface area contributed by atoms with E-state index >= 15 is 0 Å². The van der Waals surface area contributed by atoms with Crippen LogP contribution in [0.25, 0.3) is 11.3 Å². The van der Waals surface area contributed by atoms with Gasteiger partial charge in [-0.15, -0.1) is 0 Å². The molecule has 0 saturated carbocycles. The molecular formula is C11H15N5. The second-order valence-corrected chi connectivity index (χ2v) is 3.59. The molecule has 0 unspecified atom stereocenters. The maximum absolute atomic E-state index is 5.55. The zero-order valence-corrected chi connectivity index (χ0v) is 9.00. The lowest BCUT2D eigenvalue weighted by Gasteiger charge is -2.07. The summed E-state index contributed by atoms with van der Waals surface area (Å²) in [4.78, 5) is 8.21. The van der Waals surface area contributed by atoms with Crippen molar-refractivity contribution in [1.29, 1.82) is 0 Å². The van der Waals surface area contributed by atoms with Crippen LogP contribution in [0.1, 0.15) is 6.42 Å². The van der Waals surface area contributed by atoms with E-state index in [1.165, 1.54) is 0 Å². The quantitative estimate of drug-likeness (QED) is 0.796. The number of nitrogens with zero attached hydrogens (tertiary/aromatic N) is 3. The Hall–Kier alpha value is -1.88. The van der Waals surface area contributed by atoms with Crippen molar-refractivity contribution >= 4 is 5.82 Å². The van der Waals surface area contributed by atoms with E-state index in [9.17, 15) is 0 Å². The second-order valence-electron chi connectivity index (χ2n) is 3.59. The minimum absolute atomic E-state index is 0.525. The van der Waals surface area contributed by atoms with E-state index in [-0.39, 0.29) is 0 Å². The average Bonchev–Trinajstić information content (AvgIpc) is 2.75. The van der Waals surface area contributed by atoms with Gasteiger partial charge >= 0.3 is 0 Å². The predicted molar refractivity (Wildman–Crippen MR) is 63.5 cm³/mol. The molecule has 0 atom stereocenters. The largest absolute Gasteiger partial charge is 0.384 e. The first-order valence-corrected chi connectivity index (χ1v) is 5.23. The van der Waals surface area contributed by atoms with Gasteiger partial charge < -0.3 is 16.0 Å². The van der Waals surface area contributed by atoms with Crippen molar-refractivity contribution in [2.75, 3.05) is 12.3 Å². The average molecular weight is 217 g/mol. The Bertz CT molecular complexity index is 446. The summed E-state index contributed by atoms with van der Waals surface area (Å²) in [5.74, 6) is 0.525. The summed E-state index contributed by atoms with van der Waals surface area (Å²) >= 11 is 0. The molecule has 0 aliphatic rings. The number of aromatic nitrogens is 3. The smallest absolute Gasteiger partial charge is 0.123 e. The normalized spacial score (nSPS) is 10.6. The number of nitrogen functional groups attached to an aromatic ring is 1. The molecule has 0 fully saturated rings. The van der Waals surface area contributed by atoms with Crippen molar-refractivity contribution in [2.24, 2.45) is 5.73 Å². The third kappa shape index (κ3) is 2.20. The standard InChI is InChI=1S/C11H15N5/c12-4-1-5-16-8-14-7-10(16)9-2-3-11(13)15-6-9/h2-3,6-8H,1,4-5,12H2,(H2,13,15). The van der Waals surface area contributed by atoms with Crippen molar-refractivity contribution in [3.63, 3.8) is 0 Å². The van der Waals surface area contributed by atoms with Gasteiger partial charge in [0.05, 0.1) is 18.2 Å². The summed E-state index contributed by atoms with van der Waals surface area (Å²) in [5, 5.41) is 0. The van der Waals surface area contributed by atoms with E-state index < -0.39 is 0 Å². The van der Waals surface area contributed by atoms with Crippen molar-refractivity contribution in [2.45, 2.75) is 13.0 Å². The summed E-state index contributed by atoms with van der Waals surface area (Å²) in [6.45, 7) is 1.55. The molecule has 2 aromatic heterocycles. The fourth-order valence-corrected chi connectivity index (χ4v) is 1.56. The fourth-order valence-electron chi connectivity index (χ4n) is 1.56. The maximum atomic E-state index is 5.55. The Morgan fingerprint density at radius 1 is 1.25 bits per heavy atom. The second kappa shape index (κ2) is 4.76. The van der Waals surface area contributed by atoms with Crippen LogP contribution in [-0.4, -0.2) is 21.1 Å². The molecule has 0 aliphatic carbocycles. The number of hydrogen-bond acceptors (Lipinski definition) is 4. The number of anilines is 1. The van der Waals surface area contributed by atoms with Crippen molar-refractivity contribution < 1.29 is 0 Å². The van der Waals surface area contributed by atoms with Gasteiger partial charge in [0.1, 0.15) is 5.82 Å². The first kappa shape index (κ1) is 10.6. The Balaban J connectivity index is 2.26. The van der Waals surface area contributed by atoms with E-state index in [1.807, 2.05) is 12.3 Å². The minimum Gasteiger partial charge on any atom is -0.384 e. The summed E-state index contributed by atoms with van der Waals surface area (Å²) in [6.07, 6.45) is 6.32. The van der Waals surface area contributed by atoms with Crippen LogP contribution in [0.15, 0.2) is 30.9 Å². The predicted octanol–water partition coefficient (Wildman–Crippen LogP) is 0.876. The summed E-state index contributed by atoms with van der Waals surface area (Å²) in [5.41, 5.74) is 13.1. The number of imidazole rings is 1. The molecule has 0 aliphatic heterocycles. The molecule has 5 heteroatoms. The fraction of sp³-hybridized carbons (Fsp3) is 0.273. The highest BCUT2D eigenvalue weighted by molar-refractivity contribution is 5.58. The third-order valence-electron chi connectivity index (χ3n) is 2.40. The van der Waals surface area contributed by atoms with E-state index in [1.54, 1.807) is 18.6 Å². The lowest BCUT2D eigenvalue weighted by atomic mass is 10.2. The van der Waals surface area contributed by atoms with Crippen LogP contribution in [0.3, 0.4) is 0 Å². The van der Waals surface area contributed by atoms with Gasteiger partial charge in [-0.2, -0.15) is 0 Å². The van der Waals surface area contributed by atoms with Crippen molar-refractivity contribution in [3.8, 4) is 11.3 Å². The van der Waals surface area contributed by atoms with Gasteiger partial charge in [-0.25, -0.2) is 9.97 Å². The van der Waals surface area contributed by atoms with Gasteiger partial charge in [-0.05, 0) is 25.1 Å². The van der Waals surface area contributed by atoms with Crippen LogP contribution in [-0.2, 0) is 6.54 Å². The molecule has 0 radical (unpaired) electrons. The van der Waals surface area contributed by atoms with E-state index in [2.05, 4.69) is 14.5 Å². The third-order valence-corrected chi connectivity index (χ3v) is 2.40. The first-order chi connectivity index (χ1) is 7.81. The molecule has 84 valence electrons. The molecular weight excluding hydrogens is 202 g/mol. The van der Waals surface area contributed by atoms with Gasteiger partial charge in [0.2, 0.25) is 0 Å². The number of hydrogen-bond donors (Lipinski definition) is 2. The molecule has 2 heterocycles. The van der Waals surface area contributed by atoms with Crippen LogP contribution in [0, 0.1) is 0 Å². The van der Waals surface area contributed by atoms with Crippen LogP contribution >= 0.6 is 0 Å². The number of rotatable bonds is 4. The number of pyridine rings is 1. The molecule has 0 aromatic carbocycles. The van der Waals surface area contributed by atoms with Crippen LogP contribution < -0.4 is 11.5 Å². The zero-order chi connectivity index (χ0) is 11.4. The summed E-state index contributed by atoms with van der Waals surface area (Å²) in [6, 6.07) is 3.73. The van der Waals surface area contributed by atoms with E-state index in [0.29, 0.717) is 12.4 Å². The number of nitrogens with two attached hydrogens (primary N) is 2. The van der Waals surface area contributed by atoms with E-state index in [0.717, 1.165) is 24.2 Å². The maximum Gasteiger partial charge on any atom is 0.123 e. The molecule has 16 heavy (non-hydrogen) atoms. The molecule has 0 bridgehead atoms. The highest BCUT2D eigenvalue weighted by Gasteiger charge is 2.04. The Morgan fingerprint density at radius 3 is 2.81 bits per heavy atom. The summed E-state index contributed by atoms with van der Waals surface area (Å²) in [7, 11) is 0. The monoisotopic (exact) mass is 217 g/mol. The Labute approximate surface area is 94.1 Å². The lowest BCUT2D eigenvalue weighted by molar-refractivity contribution is 0.655. The minimum atomic E-state index is 0.525. The SMILES string of the molecule is NCCCn1cncc1-c1ccc(N)nc1. The van der Waals surface area contributed by atoms with E-state index in [4.69, 9.17) is 11.5 Å². The van der Waals surface area contributed by atoms with Gasteiger partial charge in [0.25, 0.3) is 0 Å². The van der Waals surface area contributed by atoms with Crippen molar-refractivity contribution in [3.05, 3.63) is 30.9 Å². The van der Waals surface area contributed by atoms with Gasteiger partial charge in [-0.3, -0.25) is 0 Å². The molecule has 2 rings (SSSR count). The highest BCUT2D eigenvalue weighted by atomic mass is 15.0. The molecule has 0 spiro atoms. The van der Waals surface area contributed by atoms with Gasteiger partial charge in [-0.1, -0.05) is 0 Å². The topological polar surface area (TPSA) is 82.8 Å². The molecule has 0 saturated heterocycles. The first-order valence-electron chi connectivity index (χ1n) is 5.23. The molecule has 0 amide bonds.